The summed E-state index contributed by atoms with van der Waals surface area (Å²) in [6, 6.07) is -1.37. The van der Waals surface area contributed by atoms with Gasteiger partial charge in [-0.15, -0.1) is 0 Å². The highest BCUT2D eigenvalue weighted by molar-refractivity contribution is 6.02. The van der Waals surface area contributed by atoms with Crippen LogP contribution in [-0.2, 0) is 19.1 Å². The average Bonchev–Trinajstić information content (AvgIpc) is 2.69. The number of carbonyl (C=O) groups is 3. The van der Waals surface area contributed by atoms with E-state index < -0.39 is 29.8 Å². The molecule has 18 heavy (non-hydrogen) atoms. The number of hydrogen-bond acceptors (Lipinski definition) is 5. The topological polar surface area (TPSA) is 110 Å². The van der Waals surface area contributed by atoms with Crippen molar-refractivity contribution in [1.29, 1.82) is 0 Å². The quantitative estimate of drug-likeness (QED) is 0.497. The van der Waals surface area contributed by atoms with Crippen LogP contribution in [0, 0.1) is 11.8 Å². The fourth-order valence-corrected chi connectivity index (χ4v) is 2.00. The minimum Gasteiger partial charge on any atom is -0.481 e. The number of nitrogens with two attached hydrogens (primary N) is 1. The van der Waals surface area contributed by atoms with Gasteiger partial charge in [0.05, 0.1) is 12.5 Å². The lowest BCUT2D eigenvalue weighted by molar-refractivity contribution is -0.150. The smallest absolute Gasteiger partial charge is 0.332 e. The number of hydrogen-bond donors (Lipinski definition) is 2. The molecule has 0 aliphatic carbocycles. The summed E-state index contributed by atoms with van der Waals surface area (Å²) in [5, 5.41) is 8.95. The number of nitrogens with zero attached hydrogens (tertiary/aromatic N) is 1. The summed E-state index contributed by atoms with van der Waals surface area (Å²) in [4.78, 5) is 35.4. The van der Waals surface area contributed by atoms with Crippen molar-refractivity contribution < 1.29 is 24.2 Å². The van der Waals surface area contributed by atoms with Gasteiger partial charge in [-0.1, -0.05) is 6.92 Å². The summed E-state index contributed by atoms with van der Waals surface area (Å²) in [6.07, 6.45) is 0. The van der Waals surface area contributed by atoms with Gasteiger partial charge >= 0.3 is 11.9 Å². The molecule has 1 aliphatic rings. The summed E-state index contributed by atoms with van der Waals surface area (Å²) < 4.78 is 4.66. The maximum atomic E-state index is 11.9. The van der Waals surface area contributed by atoms with E-state index in [9.17, 15) is 14.4 Å². The minimum atomic E-state index is -1.37. The number of amides is 1. The first-order valence-electron chi connectivity index (χ1n) is 5.82. The van der Waals surface area contributed by atoms with Gasteiger partial charge in [-0.3, -0.25) is 9.59 Å². The second kappa shape index (κ2) is 5.81. The van der Waals surface area contributed by atoms with Crippen LogP contribution in [0.5, 0.6) is 0 Å². The normalized spacial score (nSPS) is 24.7. The van der Waals surface area contributed by atoms with Gasteiger partial charge in [-0.2, -0.15) is 0 Å². The van der Waals surface area contributed by atoms with Crippen LogP contribution in [0.15, 0.2) is 0 Å². The molecule has 1 rings (SSSR count). The fraction of sp³-hybridized carbons (Fsp3) is 0.727. The molecule has 7 heteroatoms. The Kier molecular flexibility index (Phi) is 4.66. The van der Waals surface area contributed by atoms with E-state index in [-0.39, 0.29) is 19.1 Å². The van der Waals surface area contributed by atoms with E-state index in [1.807, 2.05) is 0 Å². The molecular weight excluding hydrogens is 240 g/mol. The maximum Gasteiger partial charge on any atom is 0.332 e. The van der Waals surface area contributed by atoms with Gasteiger partial charge < -0.3 is 20.5 Å². The number of rotatable bonds is 4. The van der Waals surface area contributed by atoms with Gasteiger partial charge in [0.25, 0.3) is 5.91 Å². The van der Waals surface area contributed by atoms with Crippen LogP contribution >= 0.6 is 0 Å². The number of esters is 1. The van der Waals surface area contributed by atoms with Crippen LogP contribution in [0.25, 0.3) is 0 Å². The lowest BCUT2D eigenvalue weighted by Crippen LogP contribution is -2.48. The molecule has 3 unspecified atom stereocenters. The van der Waals surface area contributed by atoms with Gasteiger partial charge in [0.1, 0.15) is 0 Å². The third-order valence-corrected chi connectivity index (χ3v) is 3.05. The van der Waals surface area contributed by atoms with Crippen molar-refractivity contribution in [2.75, 3.05) is 19.7 Å². The van der Waals surface area contributed by atoms with Crippen LogP contribution in [-0.4, -0.2) is 53.6 Å². The number of carboxylic acid groups (broad SMARTS) is 1. The zero-order chi connectivity index (χ0) is 13.9. The van der Waals surface area contributed by atoms with Crippen molar-refractivity contribution in [3.63, 3.8) is 0 Å². The van der Waals surface area contributed by atoms with Crippen molar-refractivity contribution in [2.24, 2.45) is 17.6 Å². The molecule has 0 aromatic carbocycles. The van der Waals surface area contributed by atoms with Gasteiger partial charge in [-0.25, -0.2) is 4.79 Å². The molecule has 1 aliphatic heterocycles. The Morgan fingerprint density at radius 3 is 2.50 bits per heavy atom. The van der Waals surface area contributed by atoms with E-state index in [1.165, 1.54) is 4.90 Å². The van der Waals surface area contributed by atoms with Crippen molar-refractivity contribution in [1.82, 2.24) is 4.90 Å². The highest BCUT2D eigenvalue weighted by Gasteiger charge is 2.39. The molecule has 0 aromatic heterocycles. The first-order valence-corrected chi connectivity index (χ1v) is 5.82. The summed E-state index contributed by atoms with van der Waals surface area (Å²) in [5.74, 6) is -3.07. The molecule has 0 radical (unpaired) electrons. The van der Waals surface area contributed by atoms with Crippen molar-refractivity contribution in [3.05, 3.63) is 0 Å². The van der Waals surface area contributed by atoms with Crippen LogP contribution in [0.1, 0.15) is 13.8 Å². The summed E-state index contributed by atoms with van der Waals surface area (Å²) in [6.45, 7) is 3.90. The molecule has 0 spiro atoms. The highest BCUT2D eigenvalue weighted by Crippen LogP contribution is 2.23. The monoisotopic (exact) mass is 258 g/mol. The maximum absolute atomic E-state index is 11.9. The third-order valence-electron chi connectivity index (χ3n) is 3.05. The molecule has 0 saturated carbocycles. The van der Waals surface area contributed by atoms with Crippen LogP contribution in [0.3, 0.4) is 0 Å². The molecule has 0 aromatic rings. The largest absolute Gasteiger partial charge is 0.481 e. The predicted octanol–water partition coefficient (Wildman–Crippen LogP) is -0.944. The molecule has 1 fully saturated rings. The minimum absolute atomic E-state index is 0.0858. The first-order chi connectivity index (χ1) is 8.38. The van der Waals surface area contributed by atoms with Crippen molar-refractivity contribution in [3.8, 4) is 0 Å². The van der Waals surface area contributed by atoms with Gasteiger partial charge in [0, 0.05) is 13.1 Å². The van der Waals surface area contributed by atoms with E-state index in [1.54, 1.807) is 13.8 Å². The van der Waals surface area contributed by atoms with Gasteiger partial charge in [-0.05, 0) is 12.8 Å². The zero-order valence-corrected chi connectivity index (χ0v) is 10.5. The Morgan fingerprint density at radius 1 is 1.44 bits per heavy atom. The molecular formula is C11H18N2O5. The van der Waals surface area contributed by atoms with E-state index in [2.05, 4.69) is 4.74 Å². The van der Waals surface area contributed by atoms with Crippen molar-refractivity contribution >= 4 is 17.8 Å². The fourth-order valence-electron chi connectivity index (χ4n) is 2.00. The predicted molar refractivity (Wildman–Crippen MR) is 61.5 cm³/mol. The number of ether oxygens (including phenoxy) is 1. The Hall–Kier alpha value is -1.63. The van der Waals surface area contributed by atoms with Crippen LogP contribution in [0.2, 0.25) is 0 Å². The SMILES string of the molecule is CCOC(=O)C(N)C(=O)N1CC(C)C(C(=O)O)C1. The summed E-state index contributed by atoms with van der Waals surface area (Å²) in [7, 11) is 0. The molecule has 102 valence electrons. The van der Waals surface area contributed by atoms with Gasteiger partial charge in [0.15, 0.2) is 6.04 Å². The molecule has 0 bridgehead atoms. The number of carboxylic acids is 1. The van der Waals surface area contributed by atoms with E-state index in [0.29, 0.717) is 6.54 Å². The molecule has 1 heterocycles. The molecule has 3 N–H and O–H groups in total. The Bertz CT molecular complexity index is 357. The summed E-state index contributed by atoms with van der Waals surface area (Å²) >= 11 is 0. The molecule has 3 atom stereocenters. The van der Waals surface area contributed by atoms with Crippen molar-refractivity contribution in [2.45, 2.75) is 19.9 Å². The highest BCUT2D eigenvalue weighted by atomic mass is 16.5. The van der Waals surface area contributed by atoms with Gasteiger partial charge in [0.2, 0.25) is 0 Å². The molecule has 1 saturated heterocycles. The third kappa shape index (κ3) is 2.98. The van der Waals surface area contributed by atoms with E-state index in [0.717, 1.165) is 0 Å². The lowest BCUT2D eigenvalue weighted by Gasteiger charge is -2.19. The van der Waals surface area contributed by atoms with Crippen LogP contribution in [0.4, 0.5) is 0 Å². The van der Waals surface area contributed by atoms with Crippen LogP contribution < -0.4 is 5.73 Å². The molecule has 1 amide bonds. The average molecular weight is 258 g/mol. The first kappa shape index (κ1) is 14.4. The number of carbonyl (C=O) groups excluding carboxylic acids is 2. The summed E-state index contributed by atoms with van der Waals surface area (Å²) in [5.41, 5.74) is 5.48. The standard InChI is InChI=1S/C11H18N2O5/c1-3-18-11(17)8(12)9(14)13-4-6(2)7(5-13)10(15)16/h6-8H,3-5,12H2,1-2H3,(H,15,16). The number of likely N-dealkylation sites (tertiary alicyclic amines) is 1. The van der Waals surface area contributed by atoms with E-state index >= 15 is 0 Å². The number of aliphatic carboxylic acids is 1. The zero-order valence-electron chi connectivity index (χ0n) is 10.5. The molecule has 7 nitrogen and oxygen atoms in total. The Morgan fingerprint density at radius 2 is 2.06 bits per heavy atom. The Labute approximate surface area is 105 Å². The second-order valence-corrected chi connectivity index (χ2v) is 4.39. The van der Waals surface area contributed by atoms with E-state index in [4.69, 9.17) is 10.8 Å². The Balaban J connectivity index is 2.64. The lowest BCUT2D eigenvalue weighted by atomic mass is 9.99. The second-order valence-electron chi connectivity index (χ2n) is 4.39.